The van der Waals surface area contributed by atoms with Gasteiger partial charge in [-0.05, 0) is 84.4 Å². The third-order valence-corrected chi connectivity index (χ3v) is 7.16. The second-order valence-corrected chi connectivity index (χ2v) is 9.27. The normalized spacial score (nSPS) is 32.0. The highest BCUT2D eigenvalue weighted by Gasteiger charge is 2.50. The Hall–Kier alpha value is -1.08. The molecule has 1 nitrogen and oxygen atoms in total. The van der Waals surface area contributed by atoms with Crippen molar-refractivity contribution in [2.24, 2.45) is 17.1 Å². The molecule has 2 aliphatic carbocycles. The smallest absolute Gasteiger partial charge is 0.00360 e. The van der Waals surface area contributed by atoms with Gasteiger partial charge in [-0.1, -0.05) is 64.5 Å². The first kappa shape index (κ1) is 18.7. The lowest BCUT2D eigenvalue weighted by Crippen LogP contribution is -2.48. The van der Waals surface area contributed by atoms with Crippen molar-refractivity contribution in [1.82, 2.24) is 0 Å². The van der Waals surface area contributed by atoms with E-state index in [-0.39, 0.29) is 0 Å². The number of benzene rings is 1. The average molecular weight is 340 g/mol. The first-order valence-electron chi connectivity index (χ1n) is 10.4. The van der Waals surface area contributed by atoms with Crippen LogP contribution in [0.4, 0.5) is 0 Å². The summed E-state index contributed by atoms with van der Waals surface area (Å²) in [7, 11) is 0. The summed E-state index contributed by atoms with van der Waals surface area (Å²) in [5, 5.41) is 0. The maximum Gasteiger partial charge on any atom is -0.00360 e. The molecule has 0 aliphatic heterocycles. The summed E-state index contributed by atoms with van der Waals surface area (Å²) in [6.45, 7) is 10.5. The summed E-state index contributed by atoms with van der Waals surface area (Å²) < 4.78 is 0. The number of aryl methyl sites for hydroxylation is 1. The van der Waals surface area contributed by atoms with Gasteiger partial charge in [0.05, 0.1) is 0 Å². The van der Waals surface area contributed by atoms with Gasteiger partial charge in [0.1, 0.15) is 0 Å². The second-order valence-electron chi connectivity index (χ2n) is 9.27. The maximum atomic E-state index is 5.66. The molecule has 1 aromatic carbocycles. The number of hydrogen-bond donors (Lipinski definition) is 1. The number of unbranched alkanes of at least 4 members (excludes halogenated alkanes) is 1. The summed E-state index contributed by atoms with van der Waals surface area (Å²) in [4.78, 5) is 0. The number of allylic oxidation sites excluding steroid dienone is 2. The quantitative estimate of drug-likeness (QED) is 0.508. The molecule has 0 saturated heterocycles. The summed E-state index contributed by atoms with van der Waals surface area (Å²) >= 11 is 0. The van der Waals surface area contributed by atoms with Gasteiger partial charge in [-0.15, -0.1) is 0 Å². The van der Waals surface area contributed by atoms with E-state index in [0.717, 1.165) is 25.3 Å². The third-order valence-electron chi connectivity index (χ3n) is 7.16. The lowest BCUT2D eigenvalue weighted by atomic mass is 9.49. The Balaban J connectivity index is 1.91. The molecule has 0 bridgehead atoms. The van der Waals surface area contributed by atoms with Gasteiger partial charge in [0, 0.05) is 0 Å². The van der Waals surface area contributed by atoms with Crippen molar-refractivity contribution in [3.8, 4) is 0 Å². The molecule has 1 heteroatoms. The molecule has 138 valence electrons. The van der Waals surface area contributed by atoms with Crippen LogP contribution in [0.25, 0.3) is 0 Å². The standard InChI is InChI=1S/C24H37N/c1-18(2)19-9-11-21-20(17-19)10-12-22-23(3,13-6-5-7-16-25)14-8-15-24(21,22)4/h6,9,11,13,17-18,22H,5,7-8,10,12,14-16,25H2,1-4H3/b13-6-/t22?,23-,24+/m0/s1. The lowest BCUT2D eigenvalue weighted by molar-refractivity contribution is 0.0629. The molecule has 1 saturated carbocycles. The van der Waals surface area contributed by atoms with Gasteiger partial charge < -0.3 is 5.73 Å². The summed E-state index contributed by atoms with van der Waals surface area (Å²) in [5.74, 6) is 1.39. The summed E-state index contributed by atoms with van der Waals surface area (Å²) in [5.41, 5.74) is 11.1. The highest BCUT2D eigenvalue weighted by molar-refractivity contribution is 5.42. The fraction of sp³-hybridized carbons (Fsp3) is 0.667. The lowest BCUT2D eigenvalue weighted by Gasteiger charge is -2.54. The highest BCUT2D eigenvalue weighted by atomic mass is 14.5. The molecular weight excluding hydrogens is 302 g/mol. The van der Waals surface area contributed by atoms with Gasteiger partial charge in [-0.3, -0.25) is 0 Å². The molecule has 1 fully saturated rings. The molecule has 2 N–H and O–H groups in total. The van der Waals surface area contributed by atoms with E-state index in [0.29, 0.717) is 16.7 Å². The van der Waals surface area contributed by atoms with Crippen LogP contribution in [0.3, 0.4) is 0 Å². The zero-order valence-electron chi connectivity index (χ0n) is 16.8. The largest absolute Gasteiger partial charge is 0.330 e. The zero-order valence-corrected chi connectivity index (χ0v) is 16.8. The second kappa shape index (κ2) is 7.27. The predicted molar refractivity (Wildman–Crippen MR) is 109 cm³/mol. The summed E-state index contributed by atoms with van der Waals surface area (Å²) in [6.07, 6.45) is 13.8. The Labute approximate surface area is 155 Å². The highest BCUT2D eigenvalue weighted by Crippen LogP contribution is 2.57. The summed E-state index contributed by atoms with van der Waals surface area (Å²) in [6, 6.07) is 7.37. The first-order valence-corrected chi connectivity index (χ1v) is 10.4. The van der Waals surface area contributed by atoms with Crippen molar-refractivity contribution in [3.63, 3.8) is 0 Å². The van der Waals surface area contributed by atoms with Crippen LogP contribution in [0.5, 0.6) is 0 Å². The van der Waals surface area contributed by atoms with Crippen molar-refractivity contribution >= 4 is 0 Å². The van der Waals surface area contributed by atoms with Crippen LogP contribution in [0.1, 0.15) is 88.8 Å². The van der Waals surface area contributed by atoms with E-state index in [1.165, 1.54) is 37.7 Å². The van der Waals surface area contributed by atoms with Crippen LogP contribution in [0, 0.1) is 11.3 Å². The fourth-order valence-corrected chi connectivity index (χ4v) is 5.71. The van der Waals surface area contributed by atoms with Crippen molar-refractivity contribution < 1.29 is 0 Å². The van der Waals surface area contributed by atoms with E-state index in [1.807, 2.05) is 0 Å². The monoisotopic (exact) mass is 339 g/mol. The number of nitrogens with two attached hydrogens (primary N) is 1. The number of fused-ring (bicyclic) bond motifs is 3. The molecule has 0 amide bonds. The van der Waals surface area contributed by atoms with Crippen molar-refractivity contribution in [3.05, 3.63) is 47.0 Å². The van der Waals surface area contributed by atoms with Crippen LogP contribution < -0.4 is 5.73 Å². The van der Waals surface area contributed by atoms with E-state index < -0.39 is 0 Å². The number of rotatable bonds is 5. The van der Waals surface area contributed by atoms with E-state index in [2.05, 4.69) is 58.0 Å². The van der Waals surface area contributed by atoms with E-state index in [1.54, 1.807) is 11.1 Å². The minimum atomic E-state index is 0.342. The third kappa shape index (κ3) is 3.45. The Bertz CT molecular complexity index is 629. The number of hydrogen-bond acceptors (Lipinski definition) is 1. The molecule has 0 heterocycles. The predicted octanol–water partition coefficient (Wildman–Crippen LogP) is 6.12. The molecule has 1 aromatic rings. The Morgan fingerprint density at radius 3 is 2.76 bits per heavy atom. The zero-order chi connectivity index (χ0) is 18.1. The minimum Gasteiger partial charge on any atom is -0.330 e. The molecular formula is C24H37N. The molecule has 0 aromatic heterocycles. The molecule has 25 heavy (non-hydrogen) atoms. The molecule has 1 unspecified atom stereocenters. The van der Waals surface area contributed by atoms with Crippen LogP contribution in [-0.4, -0.2) is 6.54 Å². The van der Waals surface area contributed by atoms with Gasteiger partial charge in [-0.2, -0.15) is 0 Å². The van der Waals surface area contributed by atoms with E-state index in [4.69, 9.17) is 5.73 Å². The van der Waals surface area contributed by atoms with Crippen molar-refractivity contribution in [2.45, 2.75) is 84.0 Å². The van der Waals surface area contributed by atoms with Crippen LogP contribution in [0.15, 0.2) is 30.4 Å². The van der Waals surface area contributed by atoms with Crippen molar-refractivity contribution in [1.29, 1.82) is 0 Å². The molecule has 0 spiro atoms. The fourth-order valence-electron chi connectivity index (χ4n) is 5.71. The van der Waals surface area contributed by atoms with Gasteiger partial charge in [0.15, 0.2) is 0 Å². The maximum absolute atomic E-state index is 5.66. The molecule has 2 aliphatic rings. The average Bonchev–Trinajstić information content (AvgIpc) is 2.58. The Kier molecular flexibility index (Phi) is 5.44. The van der Waals surface area contributed by atoms with Gasteiger partial charge in [-0.25, -0.2) is 0 Å². The molecule has 0 radical (unpaired) electrons. The van der Waals surface area contributed by atoms with Crippen LogP contribution in [-0.2, 0) is 11.8 Å². The minimum absolute atomic E-state index is 0.342. The van der Waals surface area contributed by atoms with Gasteiger partial charge in [0.25, 0.3) is 0 Å². The first-order chi connectivity index (χ1) is 11.9. The van der Waals surface area contributed by atoms with Gasteiger partial charge >= 0.3 is 0 Å². The van der Waals surface area contributed by atoms with Crippen LogP contribution >= 0.6 is 0 Å². The van der Waals surface area contributed by atoms with Crippen molar-refractivity contribution in [2.75, 3.05) is 6.54 Å². The Morgan fingerprint density at radius 1 is 1.24 bits per heavy atom. The van der Waals surface area contributed by atoms with Crippen LogP contribution in [0.2, 0.25) is 0 Å². The molecule has 3 atom stereocenters. The topological polar surface area (TPSA) is 26.0 Å². The van der Waals surface area contributed by atoms with Gasteiger partial charge in [0.2, 0.25) is 0 Å². The SMILES string of the molecule is CC(C)c1ccc2c(c1)CCC1[C@@](C)(/C=C\CCCN)CCC[C@]21C. The molecule has 3 rings (SSSR count). The van der Waals surface area contributed by atoms with E-state index in [9.17, 15) is 0 Å². The Morgan fingerprint density at radius 2 is 2.04 bits per heavy atom. The van der Waals surface area contributed by atoms with E-state index >= 15 is 0 Å².